The fraction of sp³-hybridized carbons (Fsp3) is 0.519. The summed E-state index contributed by atoms with van der Waals surface area (Å²) in [6.07, 6.45) is 0.0589. The van der Waals surface area contributed by atoms with E-state index in [0.29, 0.717) is 6.42 Å². The third-order valence-electron chi connectivity index (χ3n) is 5.06. The molecule has 0 bridgehead atoms. The van der Waals surface area contributed by atoms with Gasteiger partial charge in [0, 0.05) is 6.61 Å². The van der Waals surface area contributed by atoms with E-state index in [0.717, 1.165) is 19.3 Å². The summed E-state index contributed by atoms with van der Waals surface area (Å²) < 4.78 is 20.9. The lowest BCUT2D eigenvalue weighted by Gasteiger charge is -2.24. The number of unbranched alkanes of at least 4 members (excludes halogenated alkanes) is 2. The van der Waals surface area contributed by atoms with Crippen LogP contribution >= 0.6 is 0 Å². The van der Waals surface area contributed by atoms with Crippen molar-refractivity contribution < 1.29 is 38.4 Å². The van der Waals surface area contributed by atoms with Crippen molar-refractivity contribution in [1.29, 1.82) is 0 Å². The van der Waals surface area contributed by atoms with Gasteiger partial charge in [-0.25, -0.2) is 14.4 Å². The van der Waals surface area contributed by atoms with E-state index < -0.39 is 42.3 Å². The zero-order valence-corrected chi connectivity index (χ0v) is 21.0. The molecule has 2 rings (SSSR count). The zero-order valence-electron chi connectivity index (χ0n) is 21.0. The maximum atomic E-state index is 12.3. The molecular weight excluding hydrogens is 452 g/mol. The molecule has 0 aliphatic rings. The van der Waals surface area contributed by atoms with Gasteiger partial charge in [0.15, 0.2) is 12.2 Å². The van der Waals surface area contributed by atoms with Crippen LogP contribution < -0.4 is 0 Å². The molecule has 0 radical (unpaired) electrons. The summed E-state index contributed by atoms with van der Waals surface area (Å²) in [7, 11) is 0. The smallest absolute Gasteiger partial charge is 0.338 e. The van der Waals surface area contributed by atoms with Crippen molar-refractivity contribution >= 4 is 28.7 Å². The van der Waals surface area contributed by atoms with E-state index in [-0.39, 0.29) is 13.2 Å². The average Bonchev–Trinajstić information content (AvgIpc) is 2.78. The minimum atomic E-state index is -1.60. The largest absolute Gasteiger partial charge is 0.479 e. The highest BCUT2D eigenvalue weighted by atomic mass is 16.6. The van der Waals surface area contributed by atoms with Crippen molar-refractivity contribution in [1.82, 2.24) is 0 Å². The van der Waals surface area contributed by atoms with Crippen LogP contribution in [-0.2, 0) is 39.8 Å². The highest BCUT2D eigenvalue weighted by Gasteiger charge is 2.37. The Labute approximate surface area is 206 Å². The molecule has 192 valence electrons. The highest BCUT2D eigenvalue weighted by molar-refractivity contribution is 5.85. The second-order valence-electron chi connectivity index (χ2n) is 9.19. The normalized spacial score (nSPS) is 13.3. The number of carbonyl (C=O) groups excluding carboxylic acids is 2. The van der Waals surface area contributed by atoms with Gasteiger partial charge in [-0.1, -0.05) is 48.9 Å². The molecule has 2 atom stereocenters. The minimum Gasteiger partial charge on any atom is -0.479 e. The number of aliphatic carboxylic acids is 1. The number of carboxylic acids is 1. The molecule has 1 N–H and O–H groups in total. The van der Waals surface area contributed by atoms with Gasteiger partial charge >= 0.3 is 17.9 Å². The molecule has 0 aromatic heterocycles. The number of aryl methyl sites for hydroxylation is 1. The molecule has 0 spiro atoms. The molecule has 8 heteroatoms. The lowest BCUT2D eigenvalue weighted by Crippen LogP contribution is -2.46. The second-order valence-corrected chi connectivity index (χ2v) is 9.19. The number of carbonyl (C=O) groups is 3. The van der Waals surface area contributed by atoms with E-state index in [2.05, 4.69) is 30.3 Å². The van der Waals surface area contributed by atoms with Gasteiger partial charge in [0.05, 0.1) is 6.61 Å². The van der Waals surface area contributed by atoms with Crippen LogP contribution in [0, 0.1) is 0 Å². The Morgan fingerprint density at radius 2 is 1.63 bits per heavy atom. The standard InChI is InChI=1S/C27H36O8/c1-5-32-26(31)24(34-18-22(28)35-27(2,3)4)23(25(29)30)33-16-10-6-7-11-19-14-15-20-12-8-9-13-21(20)17-19/h8-9,12-15,17,23-24H,5-7,10-11,16,18H2,1-4H3,(H,29,30)/t23-,24-/m1/s1. The minimum absolute atomic E-state index is 0.0340. The summed E-state index contributed by atoms with van der Waals surface area (Å²) in [6, 6.07) is 14.6. The third-order valence-corrected chi connectivity index (χ3v) is 5.06. The summed E-state index contributed by atoms with van der Waals surface area (Å²) in [4.78, 5) is 36.1. The molecule has 2 aromatic rings. The van der Waals surface area contributed by atoms with Crippen LogP contribution in [-0.4, -0.2) is 60.6 Å². The number of esters is 2. The predicted octanol–water partition coefficient (Wildman–Crippen LogP) is 4.31. The van der Waals surface area contributed by atoms with Gasteiger partial charge in [0.1, 0.15) is 12.2 Å². The van der Waals surface area contributed by atoms with Crippen LogP contribution in [0.4, 0.5) is 0 Å². The van der Waals surface area contributed by atoms with Gasteiger partial charge in [0.25, 0.3) is 0 Å². The van der Waals surface area contributed by atoms with Crippen LogP contribution in [0.25, 0.3) is 10.8 Å². The number of ether oxygens (including phenoxy) is 4. The molecule has 0 unspecified atom stereocenters. The van der Waals surface area contributed by atoms with Gasteiger partial charge in [-0.3, -0.25) is 0 Å². The fourth-order valence-corrected chi connectivity index (χ4v) is 3.53. The fourth-order valence-electron chi connectivity index (χ4n) is 3.53. The summed E-state index contributed by atoms with van der Waals surface area (Å²) in [6.45, 7) is 6.23. The molecule has 0 amide bonds. The maximum Gasteiger partial charge on any atom is 0.338 e. The van der Waals surface area contributed by atoms with E-state index in [1.54, 1.807) is 27.7 Å². The quantitative estimate of drug-likeness (QED) is 0.310. The SMILES string of the molecule is CCOC(=O)[C@H](OCC(=O)OC(C)(C)C)[C@@H](OCCCCCc1ccc2ccccc2c1)C(=O)O. The van der Waals surface area contributed by atoms with E-state index in [4.69, 9.17) is 18.9 Å². The van der Waals surface area contributed by atoms with Crippen molar-refractivity contribution in [2.75, 3.05) is 19.8 Å². The van der Waals surface area contributed by atoms with Crippen molar-refractivity contribution in [2.45, 2.75) is 71.2 Å². The van der Waals surface area contributed by atoms with Crippen LogP contribution in [0.5, 0.6) is 0 Å². The van der Waals surface area contributed by atoms with Crippen molar-refractivity contribution in [3.05, 3.63) is 48.0 Å². The van der Waals surface area contributed by atoms with E-state index in [9.17, 15) is 19.5 Å². The molecule has 35 heavy (non-hydrogen) atoms. The Morgan fingerprint density at radius 3 is 2.29 bits per heavy atom. The number of rotatable bonds is 14. The molecule has 0 aliphatic heterocycles. The molecule has 8 nitrogen and oxygen atoms in total. The molecule has 0 heterocycles. The van der Waals surface area contributed by atoms with Crippen LogP contribution in [0.3, 0.4) is 0 Å². The summed E-state index contributed by atoms with van der Waals surface area (Å²) in [5, 5.41) is 12.0. The van der Waals surface area contributed by atoms with Gasteiger partial charge in [-0.15, -0.1) is 0 Å². The van der Waals surface area contributed by atoms with E-state index in [1.165, 1.54) is 16.3 Å². The second kappa shape index (κ2) is 13.8. The van der Waals surface area contributed by atoms with Gasteiger partial charge in [0.2, 0.25) is 0 Å². The lowest BCUT2D eigenvalue weighted by molar-refractivity contribution is -0.186. The number of fused-ring (bicyclic) bond motifs is 1. The van der Waals surface area contributed by atoms with E-state index >= 15 is 0 Å². The molecule has 2 aromatic carbocycles. The molecule has 0 fully saturated rings. The summed E-state index contributed by atoms with van der Waals surface area (Å²) in [5.74, 6) is -2.99. The number of hydrogen-bond acceptors (Lipinski definition) is 7. The topological polar surface area (TPSA) is 108 Å². The monoisotopic (exact) mass is 488 g/mol. The first-order valence-electron chi connectivity index (χ1n) is 11.9. The summed E-state index contributed by atoms with van der Waals surface area (Å²) >= 11 is 0. The molecule has 0 saturated carbocycles. The number of hydrogen-bond donors (Lipinski definition) is 1. The highest BCUT2D eigenvalue weighted by Crippen LogP contribution is 2.18. The van der Waals surface area contributed by atoms with Gasteiger partial charge < -0.3 is 24.1 Å². The van der Waals surface area contributed by atoms with Crippen molar-refractivity contribution in [2.24, 2.45) is 0 Å². The zero-order chi connectivity index (χ0) is 25.8. The Morgan fingerprint density at radius 1 is 0.914 bits per heavy atom. The van der Waals surface area contributed by atoms with E-state index in [1.807, 2.05) is 12.1 Å². The van der Waals surface area contributed by atoms with Crippen LogP contribution in [0.15, 0.2) is 42.5 Å². The third kappa shape index (κ3) is 10.0. The average molecular weight is 489 g/mol. The Balaban J connectivity index is 1.85. The lowest BCUT2D eigenvalue weighted by atomic mass is 10.0. The van der Waals surface area contributed by atoms with Crippen LogP contribution in [0.2, 0.25) is 0 Å². The first-order valence-corrected chi connectivity index (χ1v) is 11.9. The first-order chi connectivity index (χ1) is 16.6. The van der Waals surface area contributed by atoms with Crippen LogP contribution in [0.1, 0.15) is 52.5 Å². The molecule has 0 aliphatic carbocycles. The number of benzene rings is 2. The van der Waals surface area contributed by atoms with Gasteiger partial charge in [-0.05, 0) is 63.3 Å². The Bertz CT molecular complexity index is 979. The van der Waals surface area contributed by atoms with Crippen molar-refractivity contribution in [3.8, 4) is 0 Å². The Kier molecular flexibility index (Phi) is 11.1. The summed E-state index contributed by atoms with van der Waals surface area (Å²) in [5.41, 5.74) is 0.501. The Hall–Kier alpha value is -2.97. The maximum absolute atomic E-state index is 12.3. The molecular formula is C27H36O8. The number of carboxylic acid groups (broad SMARTS) is 1. The first kappa shape index (κ1) is 28.3. The van der Waals surface area contributed by atoms with Crippen molar-refractivity contribution in [3.63, 3.8) is 0 Å². The molecule has 0 saturated heterocycles. The predicted molar refractivity (Wildman–Crippen MR) is 131 cm³/mol. The van der Waals surface area contributed by atoms with Gasteiger partial charge in [-0.2, -0.15) is 0 Å².